The van der Waals surface area contributed by atoms with Gasteiger partial charge in [-0.15, -0.1) is 0 Å². The molecule has 0 atom stereocenters. The van der Waals surface area contributed by atoms with Crippen molar-refractivity contribution in [2.75, 3.05) is 13.7 Å². The second kappa shape index (κ2) is 3.46. The summed E-state index contributed by atoms with van der Waals surface area (Å²) in [7, 11) is 1.73. The topological polar surface area (TPSA) is 61.5 Å². The van der Waals surface area contributed by atoms with Crippen molar-refractivity contribution in [1.82, 2.24) is 0 Å². The van der Waals surface area contributed by atoms with Gasteiger partial charge < -0.3 is 15.2 Å². The highest BCUT2D eigenvalue weighted by atomic mass is 16.5. The van der Waals surface area contributed by atoms with Crippen molar-refractivity contribution < 1.29 is 14.3 Å². The average molecular weight is 213 g/mol. The molecule has 0 aromatic carbocycles. The lowest BCUT2D eigenvalue weighted by atomic mass is 9.48. The zero-order valence-electron chi connectivity index (χ0n) is 9.41. The van der Waals surface area contributed by atoms with Crippen molar-refractivity contribution in [3.05, 3.63) is 0 Å². The Bertz CT molecular complexity index is 263. The summed E-state index contributed by atoms with van der Waals surface area (Å²) < 4.78 is 10.2. The maximum atomic E-state index is 11.5. The number of carbonyl (C=O) groups excluding carboxylic acids is 1. The zero-order chi connectivity index (χ0) is 11.1. The van der Waals surface area contributed by atoms with E-state index in [1.54, 1.807) is 14.0 Å². The van der Waals surface area contributed by atoms with Crippen LogP contribution in [0.15, 0.2) is 0 Å². The van der Waals surface area contributed by atoms with Gasteiger partial charge >= 0.3 is 5.97 Å². The van der Waals surface area contributed by atoms with E-state index in [9.17, 15) is 4.79 Å². The minimum absolute atomic E-state index is 0.239. The van der Waals surface area contributed by atoms with Gasteiger partial charge in [-0.1, -0.05) is 0 Å². The molecule has 2 aliphatic carbocycles. The van der Waals surface area contributed by atoms with E-state index in [0.29, 0.717) is 12.7 Å². The fourth-order valence-corrected chi connectivity index (χ4v) is 3.07. The van der Waals surface area contributed by atoms with Crippen LogP contribution in [-0.2, 0) is 14.3 Å². The van der Waals surface area contributed by atoms with Gasteiger partial charge in [0.05, 0.1) is 12.7 Å². The van der Waals surface area contributed by atoms with Crippen LogP contribution in [0, 0.1) is 5.41 Å². The fraction of sp³-hybridized carbons (Fsp3) is 0.909. The lowest BCUT2D eigenvalue weighted by molar-refractivity contribution is -0.177. The highest BCUT2D eigenvalue weighted by molar-refractivity contribution is 5.82. The summed E-state index contributed by atoms with van der Waals surface area (Å²) in [5.41, 5.74) is 5.56. The van der Waals surface area contributed by atoms with Gasteiger partial charge in [0, 0.05) is 7.11 Å². The largest absolute Gasteiger partial charge is 0.465 e. The molecule has 2 rings (SSSR count). The maximum Gasteiger partial charge on any atom is 0.326 e. The van der Waals surface area contributed by atoms with Crippen molar-refractivity contribution in [3.8, 4) is 0 Å². The van der Waals surface area contributed by atoms with Crippen LogP contribution in [-0.4, -0.2) is 31.3 Å². The van der Waals surface area contributed by atoms with E-state index >= 15 is 0 Å². The number of nitrogens with two attached hydrogens (primary N) is 1. The third-order valence-corrected chi connectivity index (χ3v) is 3.72. The first-order valence-electron chi connectivity index (χ1n) is 5.52. The summed E-state index contributed by atoms with van der Waals surface area (Å²) in [5.74, 6) is -0.239. The van der Waals surface area contributed by atoms with E-state index in [1.807, 2.05) is 0 Å². The van der Waals surface area contributed by atoms with E-state index in [0.717, 1.165) is 25.7 Å². The summed E-state index contributed by atoms with van der Waals surface area (Å²) in [4.78, 5) is 11.5. The third kappa shape index (κ3) is 1.66. The van der Waals surface area contributed by atoms with Crippen LogP contribution in [0.3, 0.4) is 0 Å². The Morgan fingerprint density at radius 3 is 2.53 bits per heavy atom. The van der Waals surface area contributed by atoms with Crippen LogP contribution < -0.4 is 5.73 Å². The molecule has 86 valence electrons. The fourth-order valence-electron chi connectivity index (χ4n) is 3.07. The first kappa shape index (κ1) is 10.9. The third-order valence-electron chi connectivity index (χ3n) is 3.72. The van der Waals surface area contributed by atoms with Crippen LogP contribution >= 0.6 is 0 Å². The quantitative estimate of drug-likeness (QED) is 0.705. The molecule has 0 amide bonds. The number of hydrogen-bond acceptors (Lipinski definition) is 4. The Kier molecular flexibility index (Phi) is 2.51. The van der Waals surface area contributed by atoms with Crippen LogP contribution in [0.2, 0.25) is 0 Å². The van der Waals surface area contributed by atoms with Gasteiger partial charge in [0.25, 0.3) is 0 Å². The van der Waals surface area contributed by atoms with Crippen molar-refractivity contribution in [3.63, 3.8) is 0 Å². The molecular weight excluding hydrogens is 194 g/mol. The summed E-state index contributed by atoms with van der Waals surface area (Å²) >= 11 is 0. The highest BCUT2D eigenvalue weighted by Crippen LogP contribution is 2.60. The van der Waals surface area contributed by atoms with Crippen molar-refractivity contribution in [1.29, 1.82) is 0 Å². The molecule has 0 aromatic rings. The zero-order valence-corrected chi connectivity index (χ0v) is 9.41. The van der Waals surface area contributed by atoms with Crippen molar-refractivity contribution in [2.45, 2.75) is 44.2 Å². The maximum absolute atomic E-state index is 11.5. The minimum Gasteiger partial charge on any atom is -0.465 e. The van der Waals surface area contributed by atoms with Crippen molar-refractivity contribution >= 4 is 5.97 Å². The molecule has 0 aliphatic heterocycles. The molecule has 2 saturated carbocycles. The molecule has 0 aromatic heterocycles. The number of hydrogen-bond donors (Lipinski definition) is 1. The van der Waals surface area contributed by atoms with Gasteiger partial charge in [0.15, 0.2) is 0 Å². The summed E-state index contributed by atoms with van der Waals surface area (Å²) in [6.07, 6.45) is 3.98. The highest BCUT2D eigenvalue weighted by Gasteiger charge is 2.62. The second-order valence-electron chi connectivity index (χ2n) is 5.00. The predicted octanol–water partition coefficient (Wildman–Crippen LogP) is 0.836. The van der Waals surface area contributed by atoms with Crippen LogP contribution in [0.4, 0.5) is 0 Å². The second-order valence-corrected chi connectivity index (χ2v) is 5.00. The van der Waals surface area contributed by atoms with Gasteiger partial charge in [-0.2, -0.15) is 0 Å². The van der Waals surface area contributed by atoms with E-state index in [-0.39, 0.29) is 11.4 Å². The molecule has 0 heterocycles. The van der Waals surface area contributed by atoms with E-state index < -0.39 is 5.54 Å². The molecule has 1 spiro atoms. The molecule has 0 radical (unpaired) electrons. The molecule has 4 heteroatoms. The van der Waals surface area contributed by atoms with E-state index in [2.05, 4.69) is 0 Å². The van der Waals surface area contributed by atoms with Gasteiger partial charge in [-0.25, -0.2) is 0 Å². The SMILES string of the molecule is CCOC(=O)C1(N)CC2(CC(OC)C2)C1. The Morgan fingerprint density at radius 1 is 1.47 bits per heavy atom. The Labute approximate surface area is 90.1 Å². The first-order valence-corrected chi connectivity index (χ1v) is 5.52. The minimum atomic E-state index is -0.714. The standard InChI is InChI=1S/C11H19NO3/c1-3-15-9(13)11(12)6-10(7-11)4-8(5-10)14-2/h8H,3-7,12H2,1-2H3. The number of rotatable bonds is 3. The normalized spacial score (nSPS) is 43.3. The molecule has 4 nitrogen and oxygen atoms in total. The van der Waals surface area contributed by atoms with Crippen LogP contribution in [0.25, 0.3) is 0 Å². The number of esters is 1. The molecule has 0 bridgehead atoms. The Morgan fingerprint density at radius 2 is 2.07 bits per heavy atom. The predicted molar refractivity (Wildman–Crippen MR) is 55.2 cm³/mol. The number of methoxy groups -OCH3 is 1. The number of ether oxygens (including phenoxy) is 2. The first-order chi connectivity index (χ1) is 7.03. The van der Waals surface area contributed by atoms with Gasteiger partial charge in [-0.3, -0.25) is 4.79 Å². The lowest BCUT2D eigenvalue weighted by Gasteiger charge is -2.60. The van der Waals surface area contributed by atoms with E-state index in [1.165, 1.54) is 0 Å². The average Bonchev–Trinajstić information content (AvgIpc) is 2.09. The van der Waals surface area contributed by atoms with Crippen LogP contribution in [0.1, 0.15) is 32.6 Å². The van der Waals surface area contributed by atoms with Gasteiger partial charge in [-0.05, 0) is 38.0 Å². The number of carbonyl (C=O) groups is 1. The Hall–Kier alpha value is -0.610. The van der Waals surface area contributed by atoms with Gasteiger partial charge in [0.1, 0.15) is 5.54 Å². The molecule has 2 fully saturated rings. The monoisotopic (exact) mass is 213 g/mol. The summed E-state index contributed by atoms with van der Waals surface area (Å²) in [6, 6.07) is 0. The Balaban J connectivity index is 1.84. The lowest BCUT2D eigenvalue weighted by Crippen LogP contribution is -2.67. The molecule has 2 aliphatic rings. The summed E-state index contributed by atoms with van der Waals surface area (Å²) in [5, 5.41) is 0. The molecular formula is C11H19NO3. The molecule has 15 heavy (non-hydrogen) atoms. The van der Waals surface area contributed by atoms with Crippen molar-refractivity contribution in [2.24, 2.45) is 11.1 Å². The molecule has 0 saturated heterocycles. The summed E-state index contributed by atoms with van der Waals surface area (Å²) in [6.45, 7) is 2.21. The smallest absolute Gasteiger partial charge is 0.326 e. The molecule has 2 N–H and O–H groups in total. The molecule has 0 unspecified atom stereocenters. The van der Waals surface area contributed by atoms with Crippen LogP contribution in [0.5, 0.6) is 0 Å². The van der Waals surface area contributed by atoms with E-state index in [4.69, 9.17) is 15.2 Å². The van der Waals surface area contributed by atoms with Gasteiger partial charge in [0.2, 0.25) is 0 Å².